The predicted molar refractivity (Wildman–Crippen MR) is 80.3 cm³/mol. The fourth-order valence-corrected chi connectivity index (χ4v) is 1.91. The standard InChI is InChI=1S/C16H23NO4/c1-5-17(10-12(3)16(19)20)15(18)13(4)21-14-8-6-11(2)7-9-14/h6-9,12-13H,5,10H2,1-4H3,(H,19,20). The molecule has 2 unspecified atom stereocenters. The third kappa shape index (κ3) is 5.10. The van der Waals surface area contributed by atoms with E-state index in [0.29, 0.717) is 12.3 Å². The summed E-state index contributed by atoms with van der Waals surface area (Å²) in [6.07, 6.45) is -0.645. The van der Waals surface area contributed by atoms with E-state index in [1.165, 1.54) is 4.90 Å². The Morgan fingerprint density at radius 2 is 1.81 bits per heavy atom. The van der Waals surface area contributed by atoms with Crippen LogP contribution in [0, 0.1) is 12.8 Å². The van der Waals surface area contributed by atoms with Gasteiger partial charge in [-0.25, -0.2) is 0 Å². The number of carbonyl (C=O) groups excluding carboxylic acids is 1. The number of aryl methyl sites for hydroxylation is 1. The van der Waals surface area contributed by atoms with Crippen LogP contribution in [0.1, 0.15) is 26.3 Å². The van der Waals surface area contributed by atoms with E-state index >= 15 is 0 Å². The van der Waals surface area contributed by atoms with Crippen molar-refractivity contribution in [1.82, 2.24) is 4.90 Å². The first kappa shape index (κ1) is 17.0. The molecule has 0 bridgehead atoms. The second-order valence-corrected chi connectivity index (χ2v) is 5.19. The summed E-state index contributed by atoms with van der Waals surface area (Å²) < 4.78 is 5.62. The summed E-state index contributed by atoms with van der Waals surface area (Å²) in [5, 5.41) is 8.94. The lowest BCUT2D eigenvalue weighted by Crippen LogP contribution is -2.43. The van der Waals surface area contributed by atoms with Crippen molar-refractivity contribution in [2.75, 3.05) is 13.1 Å². The van der Waals surface area contributed by atoms with Gasteiger partial charge in [-0.05, 0) is 32.9 Å². The molecule has 5 nitrogen and oxygen atoms in total. The van der Waals surface area contributed by atoms with Crippen molar-refractivity contribution in [1.29, 1.82) is 0 Å². The highest BCUT2D eigenvalue weighted by molar-refractivity contribution is 5.81. The Hall–Kier alpha value is -2.04. The van der Waals surface area contributed by atoms with Crippen molar-refractivity contribution in [2.45, 2.75) is 33.8 Å². The van der Waals surface area contributed by atoms with Crippen LogP contribution in [0.25, 0.3) is 0 Å². The van der Waals surface area contributed by atoms with Crippen LogP contribution in [0.4, 0.5) is 0 Å². The number of amides is 1. The highest BCUT2D eigenvalue weighted by Gasteiger charge is 2.24. The van der Waals surface area contributed by atoms with Crippen molar-refractivity contribution < 1.29 is 19.4 Å². The van der Waals surface area contributed by atoms with Gasteiger partial charge < -0.3 is 14.7 Å². The normalized spacial score (nSPS) is 13.3. The first-order chi connectivity index (χ1) is 9.85. The number of carbonyl (C=O) groups is 2. The van der Waals surface area contributed by atoms with Crippen LogP contribution in [0.2, 0.25) is 0 Å². The topological polar surface area (TPSA) is 66.8 Å². The molecule has 1 rings (SSSR count). The Balaban J connectivity index is 2.66. The van der Waals surface area contributed by atoms with Crippen molar-refractivity contribution in [3.05, 3.63) is 29.8 Å². The molecule has 116 valence electrons. The third-order valence-corrected chi connectivity index (χ3v) is 3.29. The molecule has 1 amide bonds. The first-order valence-corrected chi connectivity index (χ1v) is 7.10. The number of carboxylic acids is 1. The molecule has 0 fully saturated rings. The Kier molecular flexibility index (Phi) is 6.21. The van der Waals surface area contributed by atoms with E-state index in [9.17, 15) is 9.59 Å². The monoisotopic (exact) mass is 293 g/mol. The molecule has 0 heterocycles. The second-order valence-electron chi connectivity index (χ2n) is 5.19. The molecule has 0 aromatic heterocycles. The first-order valence-electron chi connectivity index (χ1n) is 7.10. The molecule has 0 radical (unpaired) electrons. The van der Waals surface area contributed by atoms with Gasteiger partial charge in [0.15, 0.2) is 6.10 Å². The van der Waals surface area contributed by atoms with Gasteiger partial charge in [0.25, 0.3) is 5.91 Å². The van der Waals surface area contributed by atoms with Crippen LogP contribution in [0.15, 0.2) is 24.3 Å². The maximum absolute atomic E-state index is 12.3. The number of hydrogen-bond acceptors (Lipinski definition) is 3. The smallest absolute Gasteiger partial charge is 0.308 e. The lowest BCUT2D eigenvalue weighted by atomic mass is 10.1. The molecule has 2 atom stereocenters. The summed E-state index contributed by atoms with van der Waals surface area (Å²) in [6, 6.07) is 7.46. The molecule has 0 spiro atoms. The van der Waals surface area contributed by atoms with E-state index in [1.54, 1.807) is 13.8 Å². The zero-order valence-electron chi connectivity index (χ0n) is 13.0. The third-order valence-electron chi connectivity index (χ3n) is 3.29. The second kappa shape index (κ2) is 7.67. The fraction of sp³-hybridized carbons (Fsp3) is 0.500. The molecular weight excluding hydrogens is 270 g/mol. The summed E-state index contributed by atoms with van der Waals surface area (Å²) in [4.78, 5) is 24.7. The maximum Gasteiger partial charge on any atom is 0.308 e. The molecule has 0 aliphatic carbocycles. The SMILES string of the molecule is CCN(CC(C)C(=O)O)C(=O)C(C)Oc1ccc(C)cc1. The number of carboxylic acid groups (broad SMARTS) is 1. The Morgan fingerprint density at radius 1 is 1.24 bits per heavy atom. The molecule has 1 aromatic carbocycles. The van der Waals surface area contributed by atoms with Crippen LogP contribution >= 0.6 is 0 Å². The molecular formula is C16H23NO4. The number of rotatable bonds is 7. The summed E-state index contributed by atoms with van der Waals surface area (Å²) >= 11 is 0. The van der Waals surface area contributed by atoms with Gasteiger partial charge in [-0.1, -0.05) is 24.6 Å². The predicted octanol–water partition coefficient (Wildman–Crippen LogP) is 2.33. The number of nitrogens with zero attached hydrogens (tertiary/aromatic N) is 1. The van der Waals surface area contributed by atoms with Crippen molar-refractivity contribution >= 4 is 11.9 Å². The Morgan fingerprint density at radius 3 is 2.29 bits per heavy atom. The van der Waals surface area contributed by atoms with Crippen LogP contribution in [-0.2, 0) is 9.59 Å². The molecule has 5 heteroatoms. The van der Waals surface area contributed by atoms with E-state index in [4.69, 9.17) is 9.84 Å². The van der Waals surface area contributed by atoms with Gasteiger partial charge in [0.1, 0.15) is 5.75 Å². The number of likely N-dealkylation sites (N-methyl/N-ethyl adjacent to an activating group) is 1. The summed E-state index contributed by atoms with van der Waals surface area (Å²) in [5.74, 6) is -1.08. The largest absolute Gasteiger partial charge is 0.481 e. The van der Waals surface area contributed by atoms with E-state index < -0.39 is 18.0 Å². The van der Waals surface area contributed by atoms with E-state index in [-0.39, 0.29) is 12.5 Å². The molecule has 21 heavy (non-hydrogen) atoms. The number of ether oxygens (including phenoxy) is 1. The molecule has 0 aliphatic rings. The van der Waals surface area contributed by atoms with Crippen LogP contribution in [0.3, 0.4) is 0 Å². The van der Waals surface area contributed by atoms with Crippen molar-refractivity contribution in [3.63, 3.8) is 0 Å². The average molecular weight is 293 g/mol. The highest BCUT2D eigenvalue weighted by Crippen LogP contribution is 2.14. The number of benzene rings is 1. The molecule has 1 N–H and O–H groups in total. The van der Waals surface area contributed by atoms with E-state index in [2.05, 4.69) is 0 Å². The van der Waals surface area contributed by atoms with E-state index in [1.807, 2.05) is 38.1 Å². The van der Waals surface area contributed by atoms with Crippen LogP contribution in [0.5, 0.6) is 5.75 Å². The summed E-state index contributed by atoms with van der Waals surface area (Å²) in [7, 11) is 0. The number of aliphatic carboxylic acids is 1. The van der Waals surface area contributed by atoms with E-state index in [0.717, 1.165) is 5.56 Å². The molecule has 0 saturated carbocycles. The lowest BCUT2D eigenvalue weighted by molar-refractivity contribution is -0.144. The maximum atomic E-state index is 12.3. The van der Waals surface area contributed by atoms with Crippen LogP contribution < -0.4 is 4.74 Å². The lowest BCUT2D eigenvalue weighted by Gasteiger charge is -2.26. The minimum atomic E-state index is -0.909. The fourth-order valence-electron chi connectivity index (χ4n) is 1.91. The Bertz CT molecular complexity index is 484. The minimum absolute atomic E-state index is 0.187. The average Bonchev–Trinajstić information content (AvgIpc) is 2.45. The van der Waals surface area contributed by atoms with Crippen molar-refractivity contribution in [3.8, 4) is 5.75 Å². The quantitative estimate of drug-likeness (QED) is 0.838. The van der Waals surface area contributed by atoms with Gasteiger partial charge in [0.2, 0.25) is 0 Å². The van der Waals surface area contributed by atoms with Gasteiger partial charge in [-0.2, -0.15) is 0 Å². The van der Waals surface area contributed by atoms with Gasteiger partial charge in [0.05, 0.1) is 5.92 Å². The van der Waals surface area contributed by atoms with Crippen molar-refractivity contribution in [2.24, 2.45) is 5.92 Å². The van der Waals surface area contributed by atoms with Gasteiger partial charge in [-0.3, -0.25) is 9.59 Å². The summed E-state index contributed by atoms with van der Waals surface area (Å²) in [5.41, 5.74) is 1.12. The molecule has 0 aliphatic heterocycles. The zero-order chi connectivity index (χ0) is 16.0. The number of hydrogen-bond donors (Lipinski definition) is 1. The highest BCUT2D eigenvalue weighted by atomic mass is 16.5. The zero-order valence-corrected chi connectivity index (χ0v) is 13.0. The van der Waals surface area contributed by atoms with Gasteiger partial charge in [-0.15, -0.1) is 0 Å². The molecule has 0 saturated heterocycles. The summed E-state index contributed by atoms with van der Waals surface area (Å²) in [6.45, 7) is 7.71. The van der Waals surface area contributed by atoms with Crippen LogP contribution in [-0.4, -0.2) is 41.1 Å². The van der Waals surface area contributed by atoms with Gasteiger partial charge in [0, 0.05) is 13.1 Å². The minimum Gasteiger partial charge on any atom is -0.481 e. The van der Waals surface area contributed by atoms with Gasteiger partial charge >= 0.3 is 5.97 Å². The Labute approximate surface area is 125 Å². The molecule has 1 aromatic rings.